The molecular weight excluding hydrogens is 321 g/mol. The molecule has 0 aliphatic carbocycles. The number of ether oxygens (including phenoxy) is 1. The Morgan fingerprint density at radius 3 is 2.04 bits per heavy atom. The predicted octanol–water partition coefficient (Wildman–Crippen LogP) is 3.22. The Balaban J connectivity index is 1.99. The minimum Gasteiger partial charge on any atom is -0.406 e. The van der Waals surface area contributed by atoms with Gasteiger partial charge in [0.05, 0.1) is 0 Å². The van der Waals surface area contributed by atoms with Crippen LogP contribution in [0.5, 0.6) is 5.75 Å². The molecule has 24 heavy (non-hydrogen) atoms. The molecule has 2 rings (SSSR count). The largest absolute Gasteiger partial charge is 0.573 e. The Labute approximate surface area is 137 Å². The van der Waals surface area contributed by atoms with Gasteiger partial charge in [-0.3, -0.25) is 4.79 Å². The molecule has 128 valence electrons. The van der Waals surface area contributed by atoms with Gasteiger partial charge in [-0.15, -0.1) is 13.2 Å². The molecule has 0 heterocycles. The van der Waals surface area contributed by atoms with E-state index in [1.165, 1.54) is 12.1 Å². The maximum atomic E-state index is 12.1. The third-order valence-corrected chi connectivity index (χ3v) is 3.24. The molecule has 0 aliphatic rings. The number of hydrogen-bond donors (Lipinski definition) is 2. The number of rotatable bonds is 6. The van der Waals surface area contributed by atoms with E-state index >= 15 is 0 Å². The molecule has 0 saturated heterocycles. The second-order valence-corrected chi connectivity index (χ2v) is 5.08. The summed E-state index contributed by atoms with van der Waals surface area (Å²) >= 11 is 0. The van der Waals surface area contributed by atoms with Gasteiger partial charge in [0.1, 0.15) is 5.75 Å². The second kappa shape index (κ2) is 7.83. The molecule has 0 spiro atoms. The monoisotopic (exact) mass is 338 g/mol. The molecule has 0 atom stereocenters. The fourth-order valence-corrected chi connectivity index (χ4v) is 2.08. The summed E-state index contributed by atoms with van der Waals surface area (Å²) in [5.41, 5.74) is 7.83. The average molecular weight is 338 g/mol. The summed E-state index contributed by atoms with van der Waals surface area (Å²) in [7, 11) is 0. The van der Waals surface area contributed by atoms with Crippen LogP contribution >= 0.6 is 0 Å². The molecule has 0 bridgehead atoms. The first-order valence-electron chi connectivity index (χ1n) is 7.29. The Hall–Kier alpha value is -2.54. The highest BCUT2D eigenvalue weighted by Crippen LogP contribution is 2.26. The summed E-state index contributed by atoms with van der Waals surface area (Å²) in [6, 6.07) is 13.0. The summed E-state index contributed by atoms with van der Waals surface area (Å²) in [6.07, 6.45) is -4.41. The van der Waals surface area contributed by atoms with Gasteiger partial charge in [0, 0.05) is 19.5 Å². The number of carbonyl (C=O) groups is 1. The molecule has 0 fully saturated rings. The number of carbonyl (C=O) groups excluding carboxylic acids is 1. The molecule has 7 heteroatoms. The molecule has 2 aromatic carbocycles. The van der Waals surface area contributed by atoms with Crippen molar-refractivity contribution in [2.45, 2.75) is 19.3 Å². The zero-order valence-electron chi connectivity index (χ0n) is 12.8. The smallest absolute Gasteiger partial charge is 0.406 e. The first-order valence-corrected chi connectivity index (χ1v) is 7.29. The van der Waals surface area contributed by atoms with Crippen molar-refractivity contribution in [1.82, 2.24) is 5.32 Å². The van der Waals surface area contributed by atoms with E-state index < -0.39 is 6.36 Å². The van der Waals surface area contributed by atoms with Crippen LogP contribution in [0.25, 0.3) is 11.1 Å². The van der Waals surface area contributed by atoms with Crippen LogP contribution in [0.2, 0.25) is 0 Å². The Bertz CT molecular complexity index is 668. The topological polar surface area (TPSA) is 64.4 Å². The van der Waals surface area contributed by atoms with Crippen LogP contribution in [0.3, 0.4) is 0 Å². The van der Waals surface area contributed by atoms with E-state index in [1.54, 1.807) is 12.1 Å². The third kappa shape index (κ3) is 5.58. The number of hydrogen-bond acceptors (Lipinski definition) is 3. The van der Waals surface area contributed by atoms with Crippen LogP contribution < -0.4 is 15.8 Å². The molecule has 3 N–H and O–H groups in total. The highest BCUT2D eigenvalue weighted by Gasteiger charge is 2.30. The third-order valence-electron chi connectivity index (χ3n) is 3.24. The van der Waals surface area contributed by atoms with Gasteiger partial charge < -0.3 is 15.8 Å². The van der Waals surface area contributed by atoms with Crippen molar-refractivity contribution in [3.05, 3.63) is 54.1 Å². The normalized spacial score (nSPS) is 11.2. The highest BCUT2D eigenvalue weighted by molar-refractivity contribution is 5.76. The minimum atomic E-state index is -4.70. The Kier molecular flexibility index (Phi) is 5.81. The number of benzene rings is 2. The van der Waals surface area contributed by atoms with Crippen LogP contribution in [0, 0.1) is 0 Å². The first kappa shape index (κ1) is 17.8. The van der Waals surface area contributed by atoms with Crippen molar-refractivity contribution in [2.75, 3.05) is 6.54 Å². The second-order valence-electron chi connectivity index (χ2n) is 5.08. The van der Waals surface area contributed by atoms with Crippen LogP contribution in [-0.2, 0) is 11.3 Å². The zero-order valence-corrected chi connectivity index (χ0v) is 12.8. The van der Waals surface area contributed by atoms with Crippen molar-refractivity contribution in [3.8, 4) is 16.9 Å². The summed E-state index contributed by atoms with van der Waals surface area (Å²) in [5, 5.41) is 2.75. The van der Waals surface area contributed by atoms with Crippen molar-refractivity contribution >= 4 is 5.91 Å². The van der Waals surface area contributed by atoms with Crippen molar-refractivity contribution in [2.24, 2.45) is 5.73 Å². The van der Waals surface area contributed by atoms with Gasteiger partial charge in [-0.2, -0.15) is 0 Å². The summed E-state index contributed by atoms with van der Waals surface area (Å²) in [4.78, 5) is 11.4. The van der Waals surface area contributed by atoms with Gasteiger partial charge in [0.15, 0.2) is 0 Å². The molecule has 4 nitrogen and oxygen atoms in total. The quantitative estimate of drug-likeness (QED) is 0.850. The maximum absolute atomic E-state index is 12.1. The van der Waals surface area contributed by atoms with Gasteiger partial charge in [-0.1, -0.05) is 36.4 Å². The van der Waals surface area contributed by atoms with Crippen LogP contribution in [0.15, 0.2) is 48.5 Å². The summed E-state index contributed by atoms with van der Waals surface area (Å²) in [5.74, 6) is -0.368. The van der Waals surface area contributed by atoms with Crippen molar-refractivity contribution < 1.29 is 22.7 Å². The van der Waals surface area contributed by atoms with Gasteiger partial charge in [-0.25, -0.2) is 0 Å². The van der Waals surface area contributed by atoms with Gasteiger partial charge in [0.2, 0.25) is 5.91 Å². The molecule has 2 aromatic rings. The standard InChI is InChI=1S/C17H17F3N2O2/c18-17(19,20)24-15-7-5-14(6-8-15)13-3-1-12(2-4-13)11-22-16(23)9-10-21/h1-8H,9-11,21H2,(H,22,23). The Morgan fingerprint density at radius 2 is 1.54 bits per heavy atom. The van der Waals surface area contributed by atoms with E-state index in [2.05, 4.69) is 10.1 Å². The number of alkyl halides is 3. The maximum Gasteiger partial charge on any atom is 0.573 e. The predicted molar refractivity (Wildman–Crippen MR) is 84.1 cm³/mol. The van der Waals surface area contributed by atoms with E-state index in [0.29, 0.717) is 13.1 Å². The summed E-state index contributed by atoms with van der Waals surface area (Å²) in [6.45, 7) is 0.705. The molecule has 0 aromatic heterocycles. The van der Waals surface area contributed by atoms with Gasteiger partial charge in [0.25, 0.3) is 0 Å². The molecule has 0 saturated carbocycles. The van der Waals surface area contributed by atoms with Gasteiger partial charge >= 0.3 is 6.36 Å². The highest BCUT2D eigenvalue weighted by atomic mass is 19.4. The number of nitrogens with one attached hydrogen (secondary N) is 1. The molecular formula is C17H17F3N2O2. The van der Waals surface area contributed by atoms with E-state index in [9.17, 15) is 18.0 Å². The first-order chi connectivity index (χ1) is 11.4. The van der Waals surface area contributed by atoms with Crippen LogP contribution in [-0.4, -0.2) is 18.8 Å². The van der Waals surface area contributed by atoms with Crippen LogP contribution in [0.4, 0.5) is 13.2 Å². The average Bonchev–Trinajstić information content (AvgIpc) is 2.53. The fraction of sp³-hybridized carbons (Fsp3) is 0.235. The fourth-order valence-electron chi connectivity index (χ4n) is 2.08. The number of amides is 1. The minimum absolute atomic E-state index is 0.109. The number of nitrogens with two attached hydrogens (primary N) is 1. The summed E-state index contributed by atoms with van der Waals surface area (Å²) < 4.78 is 40.2. The lowest BCUT2D eigenvalue weighted by atomic mass is 10.0. The van der Waals surface area contributed by atoms with Crippen LogP contribution in [0.1, 0.15) is 12.0 Å². The molecule has 0 radical (unpaired) electrons. The van der Waals surface area contributed by atoms with Crippen molar-refractivity contribution in [1.29, 1.82) is 0 Å². The molecule has 0 aliphatic heterocycles. The number of halogens is 3. The van der Waals surface area contributed by atoms with Gasteiger partial charge in [-0.05, 0) is 28.8 Å². The van der Waals surface area contributed by atoms with Crippen molar-refractivity contribution in [3.63, 3.8) is 0 Å². The zero-order chi connectivity index (χ0) is 17.6. The Morgan fingerprint density at radius 1 is 1.00 bits per heavy atom. The molecule has 1 amide bonds. The lowest BCUT2D eigenvalue weighted by molar-refractivity contribution is -0.274. The van der Waals surface area contributed by atoms with E-state index in [-0.39, 0.29) is 18.1 Å². The van der Waals surface area contributed by atoms with E-state index in [0.717, 1.165) is 16.7 Å². The molecule has 0 unspecified atom stereocenters. The lowest BCUT2D eigenvalue weighted by Gasteiger charge is -2.10. The van der Waals surface area contributed by atoms with E-state index in [1.807, 2.05) is 24.3 Å². The van der Waals surface area contributed by atoms with E-state index in [4.69, 9.17) is 5.73 Å². The SMILES string of the molecule is NCCC(=O)NCc1ccc(-c2ccc(OC(F)(F)F)cc2)cc1. The lowest BCUT2D eigenvalue weighted by Crippen LogP contribution is -2.24.